The van der Waals surface area contributed by atoms with Crippen molar-refractivity contribution in [1.29, 1.82) is 0 Å². The van der Waals surface area contributed by atoms with Gasteiger partial charge in [-0.3, -0.25) is 0 Å². The topological polar surface area (TPSA) is 77.3 Å². The van der Waals surface area contributed by atoms with Gasteiger partial charge in [0.1, 0.15) is 0 Å². The van der Waals surface area contributed by atoms with Crippen molar-refractivity contribution in [3.05, 3.63) is 40.7 Å². The molecule has 0 spiro atoms. The molecule has 1 aliphatic rings. The maximum atomic E-state index is 11.5. The van der Waals surface area contributed by atoms with E-state index in [-0.39, 0.29) is 11.7 Å². The number of aromatic nitrogens is 2. The summed E-state index contributed by atoms with van der Waals surface area (Å²) in [5, 5.41) is 4.26. The molecule has 112 valence electrons. The van der Waals surface area contributed by atoms with Crippen molar-refractivity contribution in [3.8, 4) is 0 Å². The Morgan fingerprint density at radius 3 is 2.52 bits per heavy atom. The van der Waals surface area contributed by atoms with Gasteiger partial charge < -0.3 is 15.1 Å². The molecule has 0 aliphatic carbocycles. The summed E-state index contributed by atoms with van der Waals surface area (Å²) < 4.78 is 6.64. The highest BCUT2D eigenvalue weighted by Crippen LogP contribution is 2.29. The van der Waals surface area contributed by atoms with E-state index in [1.807, 2.05) is 31.2 Å². The van der Waals surface area contributed by atoms with Crippen molar-refractivity contribution in [2.45, 2.75) is 32.2 Å². The van der Waals surface area contributed by atoms with Crippen LogP contribution in [-0.2, 0) is 6.54 Å². The van der Waals surface area contributed by atoms with Crippen LogP contribution < -0.4 is 16.4 Å². The third kappa shape index (κ3) is 2.79. The number of piperidine rings is 1. The molecule has 1 saturated heterocycles. The van der Waals surface area contributed by atoms with Gasteiger partial charge in [0, 0.05) is 36.9 Å². The average molecular weight is 288 g/mol. The summed E-state index contributed by atoms with van der Waals surface area (Å²) >= 11 is 0. The smallest absolute Gasteiger partial charge is 0.399 e. The van der Waals surface area contributed by atoms with Crippen molar-refractivity contribution < 1.29 is 4.42 Å². The van der Waals surface area contributed by atoms with Crippen LogP contribution >= 0.6 is 0 Å². The largest absolute Gasteiger partial charge is 0.437 e. The van der Waals surface area contributed by atoms with E-state index in [2.05, 4.69) is 10.00 Å². The fourth-order valence-corrected chi connectivity index (χ4v) is 2.76. The number of rotatable bonds is 3. The second-order valence-corrected chi connectivity index (χ2v) is 5.37. The zero-order chi connectivity index (χ0) is 14.8. The summed E-state index contributed by atoms with van der Waals surface area (Å²) in [5.74, 6) is 0.461. The van der Waals surface area contributed by atoms with Gasteiger partial charge in [0.2, 0.25) is 5.89 Å². The minimum atomic E-state index is -0.353. The Balaban J connectivity index is 1.67. The van der Waals surface area contributed by atoms with Gasteiger partial charge in [0.05, 0.1) is 0 Å². The van der Waals surface area contributed by atoms with Gasteiger partial charge in [-0.05, 0) is 44.0 Å². The van der Waals surface area contributed by atoms with Crippen molar-refractivity contribution >= 4 is 11.4 Å². The zero-order valence-corrected chi connectivity index (χ0v) is 12.2. The van der Waals surface area contributed by atoms with Crippen molar-refractivity contribution in [2.75, 3.05) is 23.7 Å². The maximum absolute atomic E-state index is 11.5. The first-order valence-electron chi connectivity index (χ1n) is 7.35. The number of hydrogen-bond acceptors (Lipinski definition) is 5. The van der Waals surface area contributed by atoms with Gasteiger partial charge in [-0.1, -0.05) is 0 Å². The Morgan fingerprint density at radius 1 is 1.29 bits per heavy atom. The van der Waals surface area contributed by atoms with Crippen LogP contribution in [0.5, 0.6) is 0 Å². The van der Waals surface area contributed by atoms with E-state index in [9.17, 15) is 4.79 Å². The summed E-state index contributed by atoms with van der Waals surface area (Å²) in [4.78, 5) is 13.9. The maximum Gasteiger partial charge on any atom is 0.437 e. The highest BCUT2D eigenvalue weighted by molar-refractivity contribution is 5.53. The minimum absolute atomic E-state index is 0.232. The van der Waals surface area contributed by atoms with Crippen LogP contribution in [0.2, 0.25) is 0 Å². The van der Waals surface area contributed by atoms with Crippen LogP contribution in [0, 0.1) is 0 Å². The standard InChI is InChI=1S/C15H20N4O2/c1-2-19-15(20)21-14(17-19)11-7-9-18(10-8-11)13-5-3-12(16)4-6-13/h3-6,11H,2,7-10,16H2,1H3. The molecule has 1 fully saturated rings. The van der Waals surface area contributed by atoms with Crippen LogP contribution in [0.1, 0.15) is 31.6 Å². The van der Waals surface area contributed by atoms with E-state index in [1.165, 1.54) is 10.4 Å². The lowest BCUT2D eigenvalue weighted by Crippen LogP contribution is -2.33. The Morgan fingerprint density at radius 2 is 1.95 bits per heavy atom. The summed E-state index contributed by atoms with van der Waals surface area (Å²) in [6.07, 6.45) is 1.88. The first-order valence-corrected chi connectivity index (χ1v) is 7.35. The summed E-state index contributed by atoms with van der Waals surface area (Å²) in [6.45, 7) is 4.29. The molecule has 0 saturated carbocycles. The van der Waals surface area contributed by atoms with Crippen molar-refractivity contribution in [3.63, 3.8) is 0 Å². The molecule has 6 nitrogen and oxygen atoms in total. The lowest BCUT2D eigenvalue weighted by atomic mass is 9.96. The predicted molar refractivity (Wildman–Crippen MR) is 81.5 cm³/mol. The molecule has 0 bridgehead atoms. The molecule has 3 rings (SSSR count). The summed E-state index contributed by atoms with van der Waals surface area (Å²) in [6, 6.07) is 7.93. The highest BCUT2D eigenvalue weighted by Gasteiger charge is 2.25. The molecule has 0 amide bonds. The van der Waals surface area contributed by atoms with Crippen LogP contribution in [0.25, 0.3) is 0 Å². The molecule has 1 aromatic carbocycles. The summed E-state index contributed by atoms with van der Waals surface area (Å²) in [5.41, 5.74) is 7.67. The van der Waals surface area contributed by atoms with Crippen LogP contribution in [0.15, 0.2) is 33.5 Å². The SMILES string of the molecule is CCn1nc(C2CCN(c3ccc(N)cc3)CC2)oc1=O. The number of hydrogen-bond donors (Lipinski definition) is 1. The van der Waals surface area contributed by atoms with Gasteiger partial charge in [0.25, 0.3) is 0 Å². The van der Waals surface area contributed by atoms with Gasteiger partial charge >= 0.3 is 5.76 Å². The van der Waals surface area contributed by atoms with Gasteiger partial charge in [-0.15, -0.1) is 5.10 Å². The number of nitrogens with zero attached hydrogens (tertiary/aromatic N) is 3. The molecule has 2 aromatic rings. The number of benzene rings is 1. The number of aryl methyl sites for hydroxylation is 1. The van der Waals surface area contributed by atoms with Crippen molar-refractivity contribution in [2.24, 2.45) is 0 Å². The van der Waals surface area contributed by atoms with Crippen LogP contribution in [0.4, 0.5) is 11.4 Å². The quantitative estimate of drug-likeness (QED) is 0.872. The fraction of sp³-hybridized carbons (Fsp3) is 0.467. The van der Waals surface area contributed by atoms with E-state index in [1.54, 1.807) is 0 Å². The van der Waals surface area contributed by atoms with Crippen LogP contribution in [0.3, 0.4) is 0 Å². The van der Waals surface area contributed by atoms with E-state index in [4.69, 9.17) is 10.2 Å². The number of nitrogens with two attached hydrogens (primary N) is 1. The van der Waals surface area contributed by atoms with E-state index >= 15 is 0 Å². The second kappa shape index (κ2) is 5.63. The molecule has 6 heteroatoms. The van der Waals surface area contributed by atoms with E-state index in [0.29, 0.717) is 12.4 Å². The molecule has 0 radical (unpaired) electrons. The third-order valence-electron chi connectivity index (χ3n) is 4.02. The Kier molecular flexibility index (Phi) is 3.68. The number of nitrogen functional groups attached to an aromatic ring is 1. The molecular formula is C15H20N4O2. The van der Waals surface area contributed by atoms with Crippen LogP contribution in [-0.4, -0.2) is 22.9 Å². The van der Waals surface area contributed by atoms with Gasteiger partial charge in [-0.2, -0.15) is 4.68 Å². The zero-order valence-electron chi connectivity index (χ0n) is 12.2. The minimum Gasteiger partial charge on any atom is -0.399 e. The molecule has 0 atom stereocenters. The Labute approximate surface area is 123 Å². The average Bonchev–Trinajstić information content (AvgIpc) is 2.89. The Bertz CT molecular complexity index is 651. The fourth-order valence-electron chi connectivity index (χ4n) is 2.76. The highest BCUT2D eigenvalue weighted by atomic mass is 16.4. The molecular weight excluding hydrogens is 268 g/mol. The monoisotopic (exact) mass is 288 g/mol. The molecule has 0 unspecified atom stereocenters. The second-order valence-electron chi connectivity index (χ2n) is 5.37. The van der Waals surface area contributed by atoms with Gasteiger partial charge in [0.15, 0.2) is 0 Å². The first-order chi connectivity index (χ1) is 10.2. The van der Waals surface area contributed by atoms with E-state index < -0.39 is 0 Å². The third-order valence-corrected chi connectivity index (χ3v) is 4.02. The lowest BCUT2D eigenvalue weighted by molar-refractivity contribution is 0.378. The van der Waals surface area contributed by atoms with Gasteiger partial charge in [-0.25, -0.2) is 4.79 Å². The first kappa shape index (κ1) is 13.7. The summed E-state index contributed by atoms with van der Waals surface area (Å²) in [7, 11) is 0. The molecule has 1 aromatic heterocycles. The normalized spacial score (nSPS) is 16.3. The lowest BCUT2D eigenvalue weighted by Gasteiger charge is -2.32. The Hall–Kier alpha value is -2.24. The predicted octanol–water partition coefficient (Wildman–Crippen LogP) is 1.82. The number of anilines is 2. The molecule has 2 N–H and O–H groups in total. The molecule has 21 heavy (non-hydrogen) atoms. The van der Waals surface area contributed by atoms with Crippen molar-refractivity contribution in [1.82, 2.24) is 9.78 Å². The molecule has 2 heterocycles. The van der Waals surface area contributed by atoms with E-state index in [0.717, 1.165) is 31.6 Å². The molecule has 1 aliphatic heterocycles.